The summed E-state index contributed by atoms with van der Waals surface area (Å²) in [7, 11) is 0. The molecule has 14 heteroatoms. The van der Waals surface area contributed by atoms with E-state index in [9.17, 15) is 34.5 Å². The third-order valence-corrected chi connectivity index (χ3v) is 9.13. The Hall–Kier alpha value is 0.0800. The van der Waals surface area contributed by atoms with Gasteiger partial charge in [0.25, 0.3) is 5.91 Å². The summed E-state index contributed by atoms with van der Waals surface area (Å²) in [4.78, 5) is 50.1. The normalized spacial score (nSPS) is 24.4. The molecule has 1 rings (SSSR count). The Morgan fingerprint density at radius 2 is 1.81 bits per heavy atom. The number of nitrogens with one attached hydrogen (secondary N) is 1. The second-order valence-corrected chi connectivity index (χ2v) is 10.3. The number of allylic oxidation sites excluding steroid dienone is 1. The van der Waals surface area contributed by atoms with Crippen LogP contribution in [0.5, 0.6) is 0 Å². The molecule has 0 saturated carbocycles. The minimum atomic E-state index is -2.18. The number of ketones is 1. The third-order valence-electron chi connectivity index (χ3n) is 4.68. The van der Waals surface area contributed by atoms with Crippen LogP contribution >= 0.6 is 79.4 Å². The van der Waals surface area contributed by atoms with Crippen LogP contribution in [-0.4, -0.2) is 67.6 Å². The Balaban J connectivity index is 4.01. The maximum absolute atomic E-state index is 13.2. The summed E-state index contributed by atoms with van der Waals surface area (Å²) >= 11 is 11.1. The zero-order chi connectivity index (χ0) is 24.3. The number of nitrogens with two attached hydrogens (primary N) is 1. The number of hydrogen-bond donors (Lipinski definition) is 5. The van der Waals surface area contributed by atoms with E-state index in [2.05, 4.69) is 0 Å². The van der Waals surface area contributed by atoms with Gasteiger partial charge < -0.3 is 20.1 Å². The number of Topliss-reactive ketones (excluding diaryl/α,β-unsaturated/α-hetero) is 1. The van der Waals surface area contributed by atoms with Crippen LogP contribution in [0, 0.1) is 11.3 Å². The molecule has 0 spiro atoms. The largest absolute Gasteiger partial charge is 0.454 e. The third kappa shape index (κ3) is 5.43. The van der Waals surface area contributed by atoms with Gasteiger partial charge in [0.05, 0.1) is 23.2 Å². The molecule has 31 heavy (non-hydrogen) atoms. The molecule has 4 unspecified atom stereocenters. The van der Waals surface area contributed by atoms with Gasteiger partial charge in [-0.05, 0) is 69.3 Å². The van der Waals surface area contributed by atoms with Crippen LogP contribution in [0.4, 0.5) is 0 Å². The van der Waals surface area contributed by atoms with Gasteiger partial charge in [0.2, 0.25) is 11.0 Å². The number of rotatable bonds is 9. The number of amides is 1. The van der Waals surface area contributed by atoms with Crippen molar-refractivity contribution in [3.8, 4) is 0 Å². The lowest BCUT2D eigenvalue weighted by Crippen LogP contribution is -2.56. The van der Waals surface area contributed by atoms with Crippen LogP contribution < -0.4 is 11.3 Å². The molecule has 5 atom stereocenters. The van der Waals surface area contributed by atoms with Crippen LogP contribution in [0.2, 0.25) is 0 Å². The van der Waals surface area contributed by atoms with Crippen molar-refractivity contribution in [3.63, 3.8) is 0 Å². The number of carbonyl (C=O) groups is 4. The molecule has 0 bridgehead atoms. The SMILES string of the molecule is CC(=O)O[C@@H](C)C(=O)C1=C(I)C(C(CO)C(O)CO)=C(I)C(C(=O)Cl)(C(=O)NN)C1I. The molecular formula is C17H20ClI3N2O8. The maximum Gasteiger partial charge on any atom is 0.303 e. The zero-order valence-electron chi connectivity index (χ0n) is 16.2. The van der Waals surface area contributed by atoms with Gasteiger partial charge in [0.15, 0.2) is 11.5 Å². The molecule has 6 N–H and O–H groups in total. The van der Waals surface area contributed by atoms with Crippen LogP contribution in [0.1, 0.15) is 13.8 Å². The molecule has 0 aromatic carbocycles. The number of carbonyl (C=O) groups excluding carboxylic acids is 4. The van der Waals surface area contributed by atoms with Crippen molar-refractivity contribution in [2.75, 3.05) is 13.2 Å². The van der Waals surface area contributed by atoms with Crippen LogP contribution in [0.3, 0.4) is 0 Å². The average Bonchev–Trinajstić information content (AvgIpc) is 2.69. The molecule has 0 saturated heterocycles. The van der Waals surface area contributed by atoms with E-state index in [0.29, 0.717) is 0 Å². The quantitative estimate of drug-likeness (QED) is 0.0324. The van der Waals surface area contributed by atoms with Crippen molar-refractivity contribution in [1.29, 1.82) is 0 Å². The van der Waals surface area contributed by atoms with Gasteiger partial charge in [-0.2, -0.15) is 0 Å². The van der Waals surface area contributed by atoms with E-state index < -0.39 is 63.6 Å². The number of aliphatic hydroxyl groups is 3. The highest BCUT2D eigenvalue weighted by Gasteiger charge is 2.59. The van der Waals surface area contributed by atoms with Gasteiger partial charge >= 0.3 is 5.97 Å². The second kappa shape index (κ2) is 12.0. The summed E-state index contributed by atoms with van der Waals surface area (Å²) in [5, 5.41) is 28.4. The van der Waals surface area contributed by atoms with E-state index in [1.165, 1.54) is 6.92 Å². The van der Waals surface area contributed by atoms with E-state index in [1.54, 1.807) is 67.8 Å². The van der Waals surface area contributed by atoms with Crippen LogP contribution in [-0.2, 0) is 23.9 Å². The van der Waals surface area contributed by atoms with Crippen molar-refractivity contribution in [2.24, 2.45) is 17.2 Å². The van der Waals surface area contributed by atoms with Gasteiger partial charge in [-0.15, -0.1) is 0 Å². The molecule has 0 fully saturated rings. The highest BCUT2D eigenvalue weighted by Crippen LogP contribution is 2.55. The van der Waals surface area contributed by atoms with Crippen LogP contribution in [0.25, 0.3) is 0 Å². The molecule has 1 amide bonds. The first-order valence-corrected chi connectivity index (χ1v) is 12.4. The molecule has 0 aromatic rings. The minimum Gasteiger partial charge on any atom is -0.454 e. The number of ether oxygens (including phenoxy) is 1. The molecule has 0 heterocycles. The van der Waals surface area contributed by atoms with Crippen molar-refractivity contribution >= 4 is 102 Å². The molecule has 0 radical (unpaired) electrons. The van der Waals surface area contributed by atoms with Crippen molar-refractivity contribution in [1.82, 2.24) is 5.43 Å². The topological polar surface area (TPSA) is 176 Å². The fraction of sp³-hybridized carbons (Fsp3) is 0.529. The van der Waals surface area contributed by atoms with E-state index >= 15 is 0 Å². The standard InChI is InChI=1S/C17H20ClI3N2O8/c1-5(31-6(2)26)12(28)10-11(19)9(7(3-24)8(27)4-25)13(20)17(14(10)21,15(18)29)16(30)23-22/h5,7-8,14,24-25,27H,3-4,22H2,1-2H3,(H,23,30)/t5-,7?,8?,14?,17?/m0/s1. The smallest absolute Gasteiger partial charge is 0.303 e. The Labute approximate surface area is 223 Å². The monoisotopic (exact) mass is 796 g/mol. The second-order valence-electron chi connectivity index (χ2n) is 6.53. The Bertz CT molecular complexity index is 849. The predicted octanol–water partition coefficient (Wildman–Crippen LogP) is 0.406. The molecule has 1 aliphatic carbocycles. The number of alkyl halides is 1. The van der Waals surface area contributed by atoms with Gasteiger partial charge in [0, 0.05) is 25.6 Å². The highest BCUT2D eigenvalue weighted by molar-refractivity contribution is 14.1. The number of hydrazine groups is 1. The summed E-state index contributed by atoms with van der Waals surface area (Å²) in [6, 6.07) is 0. The molecule has 174 valence electrons. The Kier molecular flexibility index (Phi) is 11.3. The fourth-order valence-electron chi connectivity index (χ4n) is 3.11. The first-order valence-electron chi connectivity index (χ1n) is 8.60. The van der Waals surface area contributed by atoms with Crippen molar-refractivity contribution in [2.45, 2.75) is 30.0 Å². The molecule has 10 nitrogen and oxygen atoms in total. The van der Waals surface area contributed by atoms with Gasteiger partial charge in [-0.25, -0.2) is 5.84 Å². The van der Waals surface area contributed by atoms with Crippen molar-refractivity contribution < 1.29 is 39.2 Å². The summed E-state index contributed by atoms with van der Waals surface area (Å²) < 4.78 is 4.04. The minimum absolute atomic E-state index is 0.0279. The molecule has 0 aliphatic heterocycles. The molecular weight excluding hydrogens is 776 g/mol. The zero-order valence-corrected chi connectivity index (χ0v) is 23.4. The Morgan fingerprint density at radius 3 is 2.19 bits per heavy atom. The average molecular weight is 797 g/mol. The highest BCUT2D eigenvalue weighted by atomic mass is 127. The summed E-state index contributed by atoms with van der Waals surface area (Å²) in [5.74, 6) is 1.72. The first kappa shape index (κ1) is 29.1. The van der Waals surface area contributed by atoms with Gasteiger partial charge in [-0.1, -0.05) is 22.6 Å². The maximum atomic E-state index is 13.2. The number of esters is 1. The van der Waals surface area contributed by atoms with E-state index in [-0.39, 0.29) is 18.3 Å². The van der Waals surface area contributed by atoms with Gasteiger partial charge in [0.1, 0.15) is 0 Å². The molecule has 1 aliphatic rings. The van der Waals surface area contributed by atoms with E-state index in [1.807, 2.05) is 5.43 Å². The Morgan fingerprint density at radius 1 is 1.26 bits per heavy atom. The van der Waals surface area contributed by atoms with Crippen LogP contribution in [0.15, 0.2) is 18.3 Å². The summed E-state index contributed by atoms with van der Waals surface area (Å²) in [6.07, 6.45) is -2.74. The lowest BCUT2D eigenvalue weighted by molar-refractivity contribution is -0.150. The summed E-state index contributed by atoms with van der Waals surface area (Å²) in [5.41, 5.74) is -0.285. The number of aliphatic hydroxyl groups excluding tert-OH is 3. The molecule has 0 aromatic heterocycles. The lowest BCUT2D eigenvalue weighted by Gasteiger charge is -2.41. The fourth-order valence-corrected chi connectivity index (χ4v) is 9.66. The van der Waals surface area contributed by atoms with E-state index in [4.69, 9.17) is 22.2 Å². The van der Waals surface area contributed by atoms with E-state index in [0.717, 1.165) is 6.92 Å². The van der Waals surface area contributed by atoms with Gasteiger partial charge in [-0.3, -0.25) is 24.6 Å². The number of halogens is 4. The van der Waals surface area contributed by atoms with Crippen molar-refractivity contribution in [3.05, 3.63) is 18.3 Å². The lowest BCUT2D eigenvalue weighted by atomic mass is 9.72. The summed E-state index contributed by atoms with van der Waals surface area (Å²) in [6.45, 7) is 1.02. The first-order chi connectivity index (χ1) is 14.3. The predicted molar refractivity (Wildman–Crippen MR) is 135 cm³/mol. The number of hydrogen-bond acceptors (Lipinski definition) is 9.